The van der Waals surface area contributed by atoms with Crippen LogP contribution in [0.1, 0.15) is 52.9 Å². The summed E-state index contributed by atoms with van der Waals surface area (Å²) in [5.74, 6) is -0.926. The molecule has 0 aliphatic carbocycles. The van der Waals surface area contributed by atoms with Crippen molar-refractivity contribution in [2.45, 2.75) is 71.1 Å². The molecule has 5 nitrogen and oxygen atoms in total. The van der Waals surface area contributed by atoms with Gasteiger partial charge < -0.3 is 15.2 Å². The van der Waals surface area contributed by atoms with E-state index in [4.69, 9.17) is 9.84 Å². The lowest BCUT2D eigenvalue weighted by Gasteiger charge is -2.17. The molecule has 2 N–H and O–H groups in total. The average molecular weight is 271 g/mol. The second-order valence-electron chi connectivity index (χ2n) is 5.77. The van der Waals surface area contributed by atoms with Gasteiger partial charge in [0.15, 0.2) is 0 Å². The van der Waals surface area contributed by atoms with Gasteiger partial charge in [-0.2, -0.15) is 0 Å². The van der Waals surface area contributed by atoms with E-state index in [-0.39, 0.29) is 24.0 Å². The molecule has 5 heteroatoms. The molecular weight excluding hydrogens is 246 g/mol. The maximum absolute atomic E-state index is 11.7. The first-order valence-electron chi connectivity index (χ1n) is 7.06. The Morgan fingerprint density at radius 1 is 1.37 bits per heavy atom. The maximum Gasteiger partial charge on any atom is 0.326 e. The Balaban J connectivity index is 2.30. The third-order valence-corrected chi connectivity index (χ3v) is 3.35. The van der Waals surface area contributed by atoms with Crippen molar-refractivity contribution in [2.75, 3.05) is 0 Å². The van der Waals surface area contributed by atoms with Crippen LogP contribution in [-0.4, -0.2) is 35.2 Å². The van der Waals surface area contributed by atoms with Gasteiger partial charge in [0.05, 0.1) is 12.2 Å². The Kier molecular flexibility index (Phi) is 6.28. The number of nitrogens with one attached hydrogen (secondary N) is 1. The van der Waals surface area contributed by atoms with Crippen LogP contribution in [0.4, 0.5) is 0 Å². The van der Waals surface area contributed by atoms with Crippen molar-refractivity contribution in [2.24, 2.45) is 5.92 Å². The van der Waals surface area contributed by atoms with Gasteiger partial charge in [-0.1, -0.05) is 13.8 Å². The minimum Gasteiger partial charge on any atom is -0.480 e. The fourth-order valence-electron chi connectivity index (χ4n) is 2.35. The van der Waals surface area contributed by atoms with Gasteiger partial charge in [-0.15, -0.1) is 0 Å². The molecule has 1 aliphatic heterocycles. The van der Waals surface area contributed by atoms with E-state index in [9.17, 15) is 9.59 Å². The van der Waals surface area contributed by atoms with E-state index in [1.807, 2.05) is 20.8 Å². The number of carbonyl (C=O) groups is 2. The molecule has 2 unspecified atom stereocenters. The van der Waals surface area contributed by atoms with Crippen LogP contribution in [0, 0.1) is 5.92 Å². The first-order chi connectivity index (χ1) is 8.88. The number of carbonyl (C=O) groups excluding carboxylic acids is 1. The highest BCUT2D eigenvalue weighted by Crippen LogP contribution is 2.22. The molecule has 19 heavy (non-hydrogen) atoms. The highest BCUT2D eigenvalue weighted by molar-refractivity contribution is 5.83. The molecule has 0 radical (unpaired) electrons. The number of rotatable bonds is 7. The van der Waals surface area contributed by atoms with Gasteiger partial charge in [-0.25, -0.2) is 4.79 Å². The fraction of sp³-hybridized carbons (Fsp3) is 0.857. The van der Waals surface area contributed by atoms with Gasteiger partial charge in [0, 0.05) is 6.42 Å². The van der Waals surface area contributed by atoms with Crippen LogP contribution in [0.2, 0.25) is 0 Å². The maximum atomic E-state index is 11.7. The molecule has 1 saturated heterocycles. The molecule has 1 rings (SSSR count). The number of carboxylic acids is 1. The fourth-order valence-corrected chi connectivity index (χ4v) is 2.35. The summed E-state index contributed by atoms with van der Waals surface area (Å²) in [6.07, 6.45) is 3.91. The predicted molar refractivity (Wildman–Crippen MR) is 71.8 cm³/mol. The molecule has 3 atom stereocenters. The molecule has 1 fully saturated rings. The number of carboxylic acid groups (broad SMARTS) is 1. The molecule has 0 aromatic heterocycles. The lowest BCUT2D eigenvalue weighted by Crippen LogP contribution is -2.41. The third kappa shape index (κ3) is 6.05. The Labute approximate surface area is 114 Å². The minimum atomic E-state index is -0.965. The summed E-state index contributed by atoms with van der Waals surface area (Å²) < 4.78 is 5.63. The van der Waals surface area contributed by atoms with Crippen molar-refractivity contribution in [1.29, 1.82) is 0 Å². The highest BCUT2D eigenvalue weighted by Gasteiger charge is 2.24. The van der Waals surface area contributed by atoms with Gasteiger partial charge in [0.2, 0.25) is 5.91 Å². The van der Waals surface area contributed by atoms with Crippen molar-refractivity contribution in [1.82, 2.24) is 5.32 Å². The second-order valence-corrected chi connectivity index (χ2v) is 5.77. The monoisotopic (exact) mass is 271 g/mol. The minimum absolute atomic E-state index is 0.147. The molecular formula is C14H25NO4. The van der Waals surface area contributed by atoms with Gasteiger partial charge in [0.1, 0.15) is 6.04 Å². The highest BCUT2D eigenvalue weighted by atomic mass is 16.5. The lowest BCUT2D eigenvalue weighted by atomic mass is 10.0. The third-order valence-electron chi connectivity index (χ3n) is 3.35. The first-order valence-corrected chi connectivity index (χ1v) is 7.06. The van der Waals surface area contributed by atoms with Crippen molar-refractivity contribution in [3.05, 3.63) is 0 Å². The summed E-state index contributed by atoms with van der Waals surface area (Å²) in [5.41, 5.74) is 0. The normalized spacial score (nSPS) is 24.4. The van der Waals surface area contributed by atoms with Gasteiger partial charge in [0.25, 0.3) is 0 Å². The second kappa shape index (κ2) is 7.48. The van der Waals surface area contributed by atoms with Gasteiger partial charge >= 0.3 is 5.97 Å². The van der Waals surface area contributed by atoms with E-state index in [1.54, 1.807) is 0 Å². The Bertz CT molecular complexity index is 317. The summed E-state index contributed by atoms with van der Waals surface area (Å²) in [6.45, 7) is 5.91. The van der Waals surface area contributed by atoms with E-state index in [2.05, 4.69) is 5.32 Å². The molecule has 0 aromatic rings. The summed E-state index contributed by atoms with van der Waals surface area (Å²) in [7, 11) is 0. The molecule has 0 spiro atoms. The Morgan fingerprint density at radius 3 is 2.53 bits per heavy atom. The lowest BCUT2D eigenvalue weighted by molar-refractivity contribution is -0.142. The molecule has 1 aliphatic rings. The van der Waals surface area contributed by atoms with Crippen molar-refractivity contribution in [3.8, 4) is 0 Å². The van der Waals surface area contributed by atoms with Crippen LogP contribution >= 0.6 is 0 Å². The molecule has 0 saturated carbocycles. The van der Waals surface area contributed by atoms with Crippen LogP contribution < -0.4 is 5.32 Å². The zero-order valence-electron chi connectivity index (χ0n) is 12.0. The first kappa shape index (κ1) is 16.0. The number of aliphatic carboxylic acids is 1. The number of ether oxygens (including phenoxy) is 1. The van der Waals surface area contributed by atoms with Crippen LogP contribution in [0.25, 0.3) is 0 Å². The standard InChI is InChI=1S/C14H25NO4/c1-9(2)8-12(14(17)18)15-13(16)7-6-11-5-4-10(3)19-11/h9-12H,4-8H2,1-3H3,(H,15,16)(H,17,18)/t10?,11?,12-/m1/s1. The van der Waals surface area contributed by atoms with Crippen LogP contribution in [0.15, 0.2) is 0 Å². The number of amides is 1. The van der Waals surface area contributed by atoms with E-state index in [0.717, 1.165) is 12.8 Å². The summed E-state index contributed by atoms with van der Waals surface area (Å²) in [5, 5.41) is 11.6. The smallest absolute Gasteiger partial charge is 0.326 e. The van der Waals surface area contributed by atoms with Crippen LogP contribution in [-0.2, 0) is 14.3 Å². The van der Waals surface area contributed by atoms with E-state index in [1.165, 1.54) is 0 Å². The Morgan fingerprint density at radius 2 is 2.05 bits per heavy atom. The SMILES string of the molecule is CC(C)C[C@@H](NC(=O)CCC1CCC(C)O1)C(=O)O. The van der Waals surface area contributed by atoms with Crippen LogP contribution in [0.3, 0.4) is 0 Å². The zero-order chi connectivity index (χ0) is 14.4. The topological polar surface area (TPSA) is 75.6 Å². The van der Waals surface area contributed by atoms with E-state index >= 15 is 0 Å². The zero-order valence-corrected chi connectivity index (χ0v) is 12.0. The van der Waals surface area contributed by atoms with Crippen molar-refractivity contribution < 1.29 is 19.4 Å². The van der Waals surface area contributed by atoms with Crippen LogP contribution in [0.5, 0.6) is 0 Å². The summed E-state index contributed by atoms with van der Waals surface area (Å²) >= 11 is 0. The number of hydrogen-bond acceptors (Lipinski definition) is 3. The summed E-state index contributed by atoms with van der Waals surface area (Å²) in [4.78, 5) is 22.8. The number of hydrogen-bond donors (Lipinski definition) is 2. The quantitative estimate of drug-likeness (QED) is 0.742. The van der Waals surface area contributed by atoms with Crippen molar-refractivity contribution >= 4 is 11.9 Å². The van der Waals surface area contributed by atoms with Gasteiger partial charge in [-0.3, -0.25) is 4.79 Å². The van der Waals surface area contributed by atoms with Gasteiger partial charge in [-0.05, 0) is 38.5 Å². The van der Waals surface area contributed by atoms with Crippen molar-refractivity contribution in [3.63, 3.8) is 0 Å². The van der Waals surface area contributed by atoms with E-state index in [0.29, 0.717) is 19.3 Å². The Hall–Kier alpha value is -1.10. The van der Waals surface area contributed by atoms with E-state index < -0.39 is 12.0 Å². The average Bonchev–Trinajstić information content (AvgIpc) is 2.71. The molecule has 0 bridgehead atoms. The molecule has 1 amide bonds. The molecule has 1 heterocycles. The largest absolute Gasteiger partial charge is 0.480 e. The molecule has 0 aromatic carbocycles. The predicted octanol–water partition coefficient (Wildman–Crippen LogP) is 1.95. The molecule has 110 valence electrons. The summed E-state index contributed by atoms with van der Waals surface area (Å²) in [6, 6.07) is -0.782.